The number of benzene rings is 2. The zero-order chi connectivity index (χ0) is 22.6. The predicted octanol–water partition coefficient (Wildman–Crippen LogP) is 3.12. The zero-order valence-corrected chi connectivity index (χ0v) is 17.9. The Balaban J connectivity index is 1.32. The molecule has 1 unspecified atom stereocenters. The monoisotopic (exact) mass is 432 g/mol. The van der Waals surface area contributed by atoms with Gasteiger partial charge >= 0.3 is 6.03 Å². The number of hydrogen-bond acceptors (Lipinski definition) is 4. The fourth-order valence-corrected chi connectivity index (χ4v) is 5.10. The van der Waals surface area contributed by atoms with E-state index in [1.54, 1.807) is 18.2 Å². The molecule has 1 saturated heterocycles. The van der Waals surface area contributed by atoms with Crippen molar-refractivity contribution in [2.75, 3.05) is 5.32 Å². The standard InChI is InChI=1S/C24H24N4O4/c1-13-17-5-3-4-6-18(17)14(2)28(13)24(32)25-16-7-8-19-15(11-16)12-27(23(19)31)20-9-10-21(29)26-22(20)30/h3-8,11,13-14,20H,9-10,12H2,1-2H3,(H,25,32)(H,26,29,30)/t13-,14-,20?/m0/s1. The Morgan fingerprint density at radius 2 is 1.72 bits per heavy atom. The number of urea groups is 1. The topological polar surface area (TPSA) is 98.8 Å². The predicted molar refractivity (Wildman–Crippen MR) is 117 cm³/mol. The fourth-order valence-electron chi connectivity index (χ4n) is 5.10. The summed E-state index contributed by atoms with van der Waals surface area (Å²) in [6.45, 7) is 4.30. The summed E-state index contributed by atoms with van der Waals surface area (Å²) in [5.41, 5.74) is 4.16. The molecule has 0 spiro atoms. The van der Waals surface area contributed by atoms with Crippen LogP contribution in [0.1, 0.15) is 65.8 Å². The maximum atomic E-state index is 13.1. The number of nitrogens with zero attached hydrogens (tertiary/aromatic N) is 2. The smallest absolute Gasteiger partial charge is 0.322 e. The van der Waals surface area contributed by atoms with Gasteiger partial charge in [0.15, 0.2) is 0 Å². The van der Waals surface area contributed by atoms with Crippen LogP contribution >= 0.6 is 0 Å². The molecule has 2 N–H and O–H groups in total. The Hall–Kier alpha value is -3.68. The van der Waals surface area contributed by atoms with Crippen LogP contribution in [0.3, 0.4) is 0 Å². The second-order valence-corrected chi connectivity index (χ2v) is 8.59. The first-order chi connectivity index (χ1) is 15.3. The molecule has 1 fully saturated rings. The molecule has 5 rings (SSSR count). The Kier molecular flexibility index (Phi) is 4.73. The molecule has 164 valence electrons. The van der Waals surface area contributed by atoms with Crippen molar-refractivity contribution in [2.24, 2.45) is 0 Å². The molecule has 0 aliphatic carbocycles. The lowest BCUT2D eigenvalue weighted by Crippen LogP contribution is -2.52. The average molecular weight is 432 g/mol. The number of rotatable bonds is 2. The number of imide groups is 1. The molecule has 0 saturated carbocycles. The molecule has 3 aliphatic heterocycles. The maximum Gasteiger partial charge on any atom is 0.322 e. The summed E-state index contributed by atoms with van der Waals surface area (Å²) in [6, 6.07) is 12.3. The number of carbonyl (C=O) groups is 4. The van der Waals surface area contributed by atoms with Gasteiger partial charge in [0.25, 0.3) is 5.91 Å². The van der Waals surface area contributed by atoms with E-state index in [4.69, 9.17) is 0 Å². The van der Waals surface area contributed by atoms with Gasteiger partial charge in [0, 0.05) is 24.2 Å². The van der Waals surface area contributed by atoms with Gasteiger partial charge in [-0.05, 0) is 55.2 Å². The van der Waals surface area contributed by atoms with E-state index in [-0.39, 0.29) is 42.9 Å². The molecule has 0 bridgehead atoms. The SMILES string of the molecule is C[C@H]1c2ccccc2[C@H](C)N1C(=O)Nc1ccc2c(c1)CN(C1CCC(=O)NC1=O)C2=O. The van der Waals surface area contributed by atoms with E-state index in [0.29, 0.717) is 17.7 Å². The Morgan fingerprint density at radius 1 is 1.03 bits per heavy atom. The van der Waals surface area contributed by atoms with Crippen molar-refractivity contribution in [3.8, 4) is 0 Å². The number of amides is 5. The van der Waals surface area contributed by atoms with Crippen LogP contribution in [0.4, 0.5) is 10.5 Å². The van der Waals surface area contributed by atoms with Gasteiger partial charge in [-0.3, -0.25) is 19.7 Å². The lowest BCUT2D eigenvalue weighted by Gasteiger charge is -2.29. The second kappa shape index (κ2) is 7.47. The lowest BCUT2D eigenvalue weighted by molar-refractivity contribution is -0.136. The van der Waals surface area contributed by atoms with E-state index in [9.17, 15) is 19.2 Å². The molecule has 3 atom stereocenters. The quantitative estimate of drug-likeness (QED) is 0.713. The average Bonchev–Trinajstić information content (AvgIpc) is 3.22. The molecule has 8 nitrogen and oxygen atoms in total. The Bertz CT molecular complexity index is 1130. The van der Waals surface area contributed by atoms with Crippen molar-refractivity contribution in [3.63, 3.8) is 0 Å². The third kappa shape index (κ3) is 3.14. The van der Waals surface area contributed by atoms with E-state index in [1.165, 1.54) is 4.90 Å². The highest BCUT2D eigenvalue weighted by molar-refractivity contribution is 6.05. The summed E-state index contributed by atoms with van der Waals surface area (Å²) in [7, 11) is 0. The van der Waals surface area contributed by atoms with Gasteiger partial charge in [0.05, 0.1) is 12.1 Å². The summed E-state index contributed by atoms with van der Waals surface area (Å²) < 4.78 is 0. The van der Waals surface area contributed by atoms with E-state index in [0.717, 1.165) is 16.7 Å². The van der Waals surface area contributed by atoms with Crippen LogP contribution in [0, 0.1) is 0 Å². The van der Waals surface area contributed by atoms with Crippen LogP contribution < -0.4 is 10.6 Å². The first kappa shape index (κ1) is 20.2. The summed E-state index contributed by atoms with van der Waals surface area (Å²) in [5, 5.41) is 5.27. The van der Waals surface area contributed by atoms with Crippen LogP contribution in [0.5, 0.6) is 0 Å². The molecule has 2 aromatic rings. The van der Waals surface area contributed by atoms with Gasteiger partial charge in [0.2, 0.25) is 11.8 Å². The van der Waals surface area contributed by atoms with Crippen molar-refractivity contribution in [3.05, 3.63) is 64.7 Å². The molecule has 5 amide bonds. The van der Waals surface area contributed by atoms with Crippen LogP contribution in [0.25, 0.3) is 0 Å². The summed E-state index contributed by atoms with van der Waals surface area (Å²) in [4.78, 5) is 52.9. The van der Waals surface area contributed by atoms with Crippen molar-refractivity contribution in [1.29, 1.82) is 0 Å². The number of nitrogens with one attached hydrogen (secondary N) is 2. The van der Waals surface area contributed by atoms with Gasteiger partial charge in [-0.25, -0.2) is 4.79 Å². The molecule has 3 aliphatic rings. The highest BCUT2D eigenvalue weighted by atomic mass is 16.2. The molecule has 3 heterocycles. The fraction of sp³-hybridized carbons (Fsp3) is 0.333. The summed E-state index contributed by atoms with van der Waals surface area (Å²) >= 11 is 0. The molecule has 8 heteroatoms. The summed E-state index contributed by atoms with van der Waals surface area (Å²) in [6.07, 6.45) is 0.533. The minimum Gasteiger partial charge on any atom is -0.322 e. The normalized spacial score (nSPS) is 24.3. The molecule has 2 aromatic carbocycles. The Labute approximate surface area is 185 Å². The Morgan fingerprint density at radius 3 is 2.38 bits per heavy atom. The molecule has 0 aromatic heterocycles. The van der Waals surface area contributed by atoms with Crippen molar-refractivity contribution < 1.29 is 19.2 Å². The number of hydrogen-bond donors (Lipinski definition) is 2. The third-order valence-electron chi connectivity index (χ3n) is 6.74. The van der Waals surface area contributed by atoms with Gasteiger partial charge in [-0.1, -0.05) is 24.3 Å². The van der Waals surface area contributed by atoms with Crippen LogP contribution in [0.15, 0.2) is 42.5 Å². The molecule has 32 heavy (non-hydrogen) atoms. The zero-order valence-electron chi connectivity index (χ0n) is 17.9. The first-order valence-corrected chi connectivity index (χ1v) is 10.8. The highest BCUT2D eigenvalue weighted by Crippen LogP contribution is 2.41. The number of fused-ring (bicyclic) bond motifs is 2. The van der Waals surface area contributed by atoms with Gasteiger partial charge in [-0.2, -0.15) is 0 Å². The summed E-state index contributed by atoms with van der Waals surface area (Å²) in [5.74, 6) is -0.981. The van der Waals surface area contributed by atoms with Crippen molar-refractivity contribution in [2.45, 2.75) is 51.4 Å². The van der Waals surface area contributed by atoms with E-state index in [1.807, 2.05) is 43.0 Å². The third-order valence-corrected chi connectivity index (χ3v) is 6.74. The van der Waals surface area contributed by atoms with Gasteiger partial charge in [-0.15, -0.1) is 0 Å². The minimum atomic E-state index is -0.657. The lowest BCUT2D eigenvalue weighted by atomic mass is 10.0. The highest BCUT2D eigenvalue weighted by Gasteiger charge is 2.40. The van der Waals surface area contributed by atoms with Gasteiger partial charge in [0.1, 0.15) is 6.04 Å². The first-order valence-electron chi connectivity index (χ1n) is 10.8. The number of piperidine rings is 1. The van der Waals surface area contributed by atoms with Crippen LogP contribution in [0.2, 0.25) is 0 Å². The van der Waals surface area contributed by atoms with Gasteiger partial charge < -0.3 is 15.1 Å². The van der Waals surface area contributed by atoms with Crippen molar-refractivity contribution in [1.82, 2.24) is 15.1 Å². The van der Waals surface area contributed by atoms with E-state index in [2.05, 4.69) is 10.6 Å². The van der Waals surface area contributed by atoms with E-state index < -0.39 is 11.9 Å². The second-order valence-electron chi connectivity index (χ2n) is 8.59. The number of carbonyl (C=O) groups excluding carboxylic acids is 4. The molecular formula is C24H24N4O4. The maximum absolute atomic E-state index is 13.1. The minimum absolute atomic E-state index is 0.0415. The number of anilines is 1. The molecule has 0 radical (unpaired) electrons. The van der Waals surface area contributed by atoms with Crippen LogP contribution in [-0.4, -0.2) is 39.6 Å². The van der Waals surface area contributed by atoms with Crippen LogP contribution in [-0.2, 0) is 16.1 Å². The van der Waals surface area contributed by atoms with E-state index >= 15 is 0 Å². The molecular weight excluding hydrogens is 408 g/mol. The largest absolute Gasteiger partial charge is 0.322 e. The van der Waals surface area contributed by atoms with Crippen molar-refractivity contribution >= 4 is 29.4 Å².